The van der Waals surface area contributed by atoms with E-state index >= 15 is 0 Å². The quantitative estimate of drug-likeness (QED) is 0.900. The third-order valence-electron chi connectivity index (χ3n) is 2.30. The number of pyridine rings is 1. The number of carbonyl (C=O) groups is 1. The fourth-order valence-electron chi connectivity index (χ4n) is 1.41. The fraction of sp³-hybridized carbons (Fsp3) is 0. The summed E-state index contributed by atoms with van der Waals surface area (Å²) in [6.07, 6.45) is 1.31. The third-order valence-corrected chi connectivity index (χ3v) is 2.97. The smallest absolute Gasteiger partial charge is 0.337 e. The van der Waals surface area contributed by atoms with Gasteiger partial charge in [0, 0.05) is 11.9 Å². The normalized spacial score (nSPS) is 10.3. The highest BCUT2D eigenvalue weighted by Gasteiger charge is 2.13. The van der Waals surface area contributed by atoms with E-state index in [1.807, 2.05) is 0 Å². The van der Waals surface area contributed by atoms with Crippen LogP contribution in [0.2, 0.25) is 10.0 Å². The van der Waals surface area contributed by atoms with Gasteiger partial charge in [-0.05, 0) is 24.3 Å². The van der Waals surface area contributed by atoms with Crippen LogP contribution < -0.4 is 5.32 Å². The molecular formula is C12H7Cl2FN2O2. The molecule has 0 unspecified atom stereocenters. The van der Waals surface area contributed by atoms with Gasteiger partial charge in [0.05, 0.1) is 15.6 Å². The molecule has 19 heavy (non-hydrogen) atoms. The van der Waals surface area contributed by atoms with Crippen LogP contribution in [0.5, 0.6) is 0 Å². The number of nitrogens with zero attached hydrogens (tertiary/aromatic N) is 1. The second kappa shape index (κ2) is 5.42. The van der Waals surface area contributed by atoms with Crippen molar-refractivity contribution in [3.05, 3.63) is 51.9 Å². The van der Waals surface area contributed by atoms with Crippen molar-refractivity contribution in [1.29, 1.82) is 0 Å². The van der Waals surface area contributed by atoms with Gasteiger partial charge in [0.25, 0.3) is 0 Å². The lowest BCUT2D eigenvalue weighted by Crippen LogP contribution is -2.02. The third kappa shape index (κ3) is 2.94. The maximum absolute atomic E-state index is 13.0. The minimum atomic E-state index is -1.16. The van der Waals surface area contributed by atoms with Gasteiger partial charge < -0.3 is 10.4 Å². The molecule has 1 aromatic heterocycles. The first-order valence-electron chi connectivity index (χ1n) is 5.09. The van der Waals surface area contributed by atoms with Crippen molar-refractivity contribution in [2.45, 2.75) is 0 Å². The van der Waals surface area contributed by atoms with E-state index in [4.69, 9.17) is 28.3 Å². The molecule has 1 aromatic carbocycles. The number of hydrogen-bond acceptors (Lipinski definition) is 3. The molecular weight excluding hydrogens is 294 g/mol. The fourth-order valence-corrected chi connectivity index (χ4v) is 1.83. The number of hydrogen-bond donors (Lipinski definition) is 2. The van der Waals surface area contributed by atoms with E-state index in [1.54, 1.807) is 0 Å². The molecule has 1 heterocycles. The van der Waals surface area contributed by atoms with Crippen LogP contribution in [-0.4, -0.2) is 16.1 Å². The van der Waals surface area contributed by atoms with Gasteiger partial charge in [-0.1, -0.05) is 23.2 Å². The van der Waals surface area contributed by atoms with E-state index in [9.17, 15) is 9.18 Å². The van der Waals surface area contributed by atoms with Gasteiger partial charge in [0.1, 0.15) is 11.6 Å². The van der Waals surface area contributed by atoms with E-state index < -0.39 is 11.8 Å². The molecule has 2 N–H and O–H groups in total. The first kappa shape index (κ1) is 13.6. The summed E-state index contributed by atoms with van der Waals surface area (Å²) in [6.45, 7) is 0. The first-order valence-corrected chi connectivity index (χ1v) is 5.84. The summed E-state index contributed by atoms with van der Waals surface area (Å²) in [4.78, 5) is 14.8. The Labute approximate surface area is 117 Å². The topological polar surface area (TPSA) is 62.2 Å². The summed E-state index contributed by atoms with van der Waals surface area (Å²) in [5.74, 6) is -1.55. The molecule has 0 spiro atoms. The van der Waals surface area contributed by atoms with Crippen LogP contribution in [0.1, 0.15) is 10.4 Å². The van der Waals surface area contributed by atoms with Gasteiger partial charge in [-0.15, -0.1) is 0 Å². The van der Waals surface area contributed by atoms with E-state index in [2.05, 4.69) is 10.3 Å². The lowest BCUT2D eigenvalue weighted by Gasteiger charge is -2.09. The number of rotatable bonds is 3. The molecule has 0 aliphatic rings. The van der Waals surface area contributed by atoms with Crippen LogP contribution >= 0.6 is 23.2 Å². The van der Waals surface area contributed by atoms with Crippen LogP contribution in [0.4, 0.5) is 15.9 Å². The highest BCUT2D eigenvalue weighted by Crippen LogP contribution is 2.28. The number of benzene rings is 1. The van der Waals surface area contributed by atoms with Crippen molar-refractivity contribution in [1.82, 2.24) is 4.98 Å². The number of aromatic nitrogens is 1. The highest BCUT2D eigenvalue weighted by molar-refractivity contribution is 6.36. The minimum absolute atomic E-state index is 0.0320. The van der Waals surface area contributed by atoms with Crippen molar-refractivity contribution in [2.24, 2.45) is 0 Å². The monoisotopic (exact) mass is 300 g/mol. The molecule has 0 atom stereocenters. The zero-order valence-corrected chi connectivity index (χ0v) is 10.8. The SMILES string of the molecule is O=C(O)c1ccnc(Nc2ccc(F)c(Cl)c2)c1Cl. The van der Waals surface area contributed by atoms with Crippen LogP contribution in [-0.2, 0) is 0 Å². The number of nitrogens with one attached hydrogen (secondary N) is 1. The van der Waals surface area contributed by atoms with Gasteiger partial charge in [-0.25, -0.2) is 14.2 Å². The van der Waals surface area contributed by atoms with Crippen molar-refractivity contribution in [3.63, 3.8) is 0 Å². The van der Waals surface area contributed by atoms with Crippen molar-refractivity contribution in [2.75, 3.05) is 5.32 Å². The Morgan fingerprint density at radius 3 is 2.68 bits per heavy atom. The lowest BCUT2D eigenvalue weighted by molar-refractivity contribution is 0.0697. The van der Waals surface area contributed by atoms with Gasteiger partial charge in [-0.2, -0.15) is 0 Å². The summed E-state index contributed by atoms with van der Waals surface area (Å²) >= 11 is 11.6. The first-order chi connectivity index (χ1) is 8.99. The Hall–Kier alpha value is -1.85. The van der Waals surface area contributed by atoms with Gasteiger partial charge in [0.15, 0.2) is 0 Å². The lowest BCUT2D eigenvalue weighted by atomic mass is 10.2. The molecule has 7 heteroatoms. The summed E-state index contributed by atoms with van der Waals surface area (Å²) in [6, 6.07) is 5.25. The predicted octanol–water partition coefficient (Wildman–Crippen LogP) is 3.97. The van der Waals surface area contributed by atoms with E-state index in [1.165, 1.54) is 30.5 Å². The van der Waals surface area contributed by atoms with Crippen LogP contribution in [0, 0.1) is 5.82 Å². The Morgan fingerprint density at radius 2 is 2.05 bits per heavy atom. The van der Waals surface area contributed by atoms with E-state index in [-0.39, 0.29) is 21.4 Å². The van der Waals surface area contributed by atoms with Crippen molar-refractivity contribution >= 4 is 40.7 Å². The Morgan fingerprint density at radius 1 is 1.32 bits per heavy atom. The molecule has 0 saturated carbocycles. The molecule has 98 valence electrons. The van der Waals surface area contributed by atoms with E-state index in [0.717, 1.165) is 0 Å². The largest absolute Gasteiger partial charge is 0.478 e. The van der Waals surface area contributed by atoms with Crippen LogP contribution in [0.15, 0.2) is 30.5 Å². The number of carboxylic acid groups (broad SMARTS) is 1. The summed E-state index contributed by atoms with van der Waals surface area (Å²) in [5.41, 5.74) is 0.371. The predicted molar refractivity (Wildman–Crippen MR) is 70.9 cm³/mol. The molecule has 0 aliphatic heterocycles. The highest BCUT2D eigenvalue weighted by atomic mass is 35.5. The Kier molecular flexibility index (Phi) is 3.87. The standard InChI is InChI=1S/C12H7Cl2FN2O2/c13-8-5-6(1-2-9(8)15)17-11-10(14)7(12(18)19)3-4-16-11/h1-5H,(H,16,17)(H,18,19). The van der Waals surface area contributed by atoms with Crippen molar-refractivity contribution < 1.29 is 14.3 Å². The number of carboxylic acids is 1. The van der Waals surface area contributed by atoms with Gasteiger partial charge in [-0.3, -0.25) is 0 Å². The van der Waals surface area contributed by atoms with Gasteiger partial charge in [0.2, 0.25) is 0 Å². The number of anilines is 2. The van der Waals surface area contributed by atoms with Crippen LogP contribution in [0.25, 0.3) is 0 Å². The second-order valence-corrected chi connectivity index (χ2v) is 4.37. The average molecular weight is 301 g/mol. The number of aromatic carboxylic acids is 1. The zero-order chi connectivity index (χ0) is 14.0. The molecule has 0 saturated heterocycles. The summed E-state index contributed by atoms with van der Waals surface area (Å²) < 4.78 is 13.0. The van der Waals surface area contributed by atoms with Gasteiger partial charge >= 0.3 is 5.97 Å². The van der Waals surface area contributed by atoms with E-state index in [0.29, 0.717) is 5.69 Å². The molecule has 0 fully saturated rings. The Bertz CT molecular complexity index is 650. The summed E-state index contributed by atoms with van der Waals surface area (Å²) in [5, 5.41) is 11.6. The van der Waals surface area contributed by atoms with Crippen LogP contribution in [0.3, 0.4) is 0 Å². The molecule has 4 nitrogen and oxygen atoms in total. The summed E-state index contributed by atoms with van der Waals surface area (Å²) in [7, 11) is 0. The molecule has 0 bridgehead atoms. The number of halogens is 3. The molecule has 0 aliphatic carbocycles. The average Bonchev–Trinajstić information content (AvgIpc) is 2.36. The molecule has 0 radical (unpaired) electrons. The molecule has 2 aromatic rings. The Balaban J connectivity index is 2.35. The van der Waals surface area contributed by atoms with Crippen molar-refractivity contribution in [3.8, 4) is 0 Å². The minimum Gasteiger partial charge on any atom is -0.478 e. The molecule has 2 rings (SSSR count). The maximum atomic E-state index is 13.0. The molecule has 0 amide bonds. The zero-order valence-electron chi connectivity index (χ0n) is 9.32. The second-order valence-electron chi connectivity index (χ2n) is 3.58. The maximum Gasteiger partial charge on any atom is 0.337 e.